The van der Waals surface area contributed by atoms with Gasteiger partial charge in [0.05, 0.1) is 23.9 Å². The molecule has 0 amide bonds. The van der Waals surface area contributed by atoms with Crippen molar-refractivity contribution < 1.29 is 17.9 Å². The quantitative estimate of drug-likeness (QED) is 0.655. The fourth-order valence-electron chi connectivity index (χ4n) is 7.27. The van der Waals surface area contributed by atoms with Gasteiger partial charge in [0, 0.05) is 19.1 Å². The van der Waals surface area contributed by atoms with Crippen LogP contribution in [0.4, 0.5) is 0 Å². The molecule has 0 spiro atoms. The Kier molecular flexibility index (Phi) is 5.91. The Labute approximate surface area is 186 Å². The summed E-state index contributed by atoms with van der Waals surface area (Å²) in [5, 5.41) is 0. The van der Waals surface area contributed by atoms with E-state index in [1.54, 1.807) is 36.9 Å². The second kappa shape index (κ2) is 8.53. The fourth-order valence-corrected chi connectivity index (χ4v) is 8.55. The second-order valence-corrected chi connectivity index (χ2v) is 11.9. The summed E-state index contributed by atoms with van der Waals surface area (Å²) in [6.07, 6.45) is 9.11. The zero-order valence-electron chi connectivity index (χ0n) is 18.6. The molecule has 5 aliphatic carbocycles. The van der Waals surface area contributed by atoms with E-state index >= 15 is 0 Å². The predicted octanol–water partition coefficient (Wildman–Crippen LogP) is 4.51. The standard InChI is InChI=1S/C25H35NO4S/c1-29-22-14-20(13-21(15-22)26-31(27,28)23-6-4-3-5-7-23)25(30-2)24-18-9-16-8-17(11-18)12-19(24)10-16/h3-7,16-22,26H,8-15H2,1-2H3. The van der Waals surface area contributed by atoms with Crippen LogP contribution >= 0.6 is 0 Å². The number of benzene rings is 1. The number of sulfonamides is 1. The number of hydrogen-bond acceptors (Lipinski definition) is 4. The summed E-state index contributed by atoms with van der Waals surface area (Å²) in [7, 11) is -0.00434. The molecule has 1 aromatic carbocycles. The average molecular weight is 446 g/mol. The molecule has 5 fully saturated rings. The normalized spacial score (nSPS) is 37.1. The molecule has 5 saturated carbocycles. The van der Waals surface area contributed by atoms with Crippen molar-refractivity contribution in [1.29, 1.82) is 0 Å². The van der Waals surface area contributed by atoms with Crippen LogP contribution in [0.1, 0.15) is 51.4 Å². The summed E-state index contributed by atoms with van der Waals surface area (Å²) in [6.45, 7) is 0. The molecule has 5 aliphatic rings. The highest BCUT2D eigenvalue weighted by Gasteiger charge is 2.48. The molecule has 170 valence electrons. The van der Waals surface area contributed by atoms with Crippen molar-refractivity contribution >= 4 is 10.0 Å². The maximum atomic E-state index is 12.9. The van der Waals surface area contributed by atoms with Crippen LogP contribution in [0.2, 0.25) is 0 Å². The summed E-state index contributed by atoms with van der Waals surface area (Å²) in [5.41, 5.74) is 1.57. The van der Waals surface area contributed by atoms with Gasteiger partial charge in [-0.3, -0.25) is 0 Å². The van der Waals surface area contributed by atoms with Crippen molar-refractivity contribution in [3.05, 3.63) is 41.7 Å². The topological polar surface area (TPSA) is 64.6 Å². The highest BCUT2D eigenvalue weighted by atomic mass is 32.2. The molecule has 0 aromatic heterocycles. The lowest BCUT2D eigenvalue weighted by Crippen LogP contribution is -2.45. The largest absolute Gasteiger partial charge is 0.501 e. The van der Waals surface area contributed by atoms with E-state index in [0.29, 0.717) is 23.2 Å². The fraction of sp³-hybridized carbons (Fsp3) is 0.680. The van der Waals surface area contributed by atoms with Gasteiger partial charge in [-0.1, -0.05) is 18.2 Å². The number of rotatable bonds is 6. The van der Waals surface area contributed by atoms with Crippen LogP contribution in [0.3, 0.4) is 0 Å². The van der Waals surface area contributed by atoms with E-state index in [9.17, 15) is 8.42 Å². The Morgan fingerprint density at radius 2 is 1.52 bits per heavy atom. The first-order chi connectivity index (χ1) is 15.0. The van der Waals surface area contributed by atoms with Gasteiger partial charge in [0.15, 0.2) is 0 Å². The molecule has 1 aromatic rings. The molecule has 0 heterocycles. The van der Waals surface area contributed by atoms with Crippen LogP contribution in [0.25, 0.3) is 0 Å². The second-order valence-electron chi connectivity index (χ2n) is 10.2. The van der Waals surface area contributed by atoms with E-state index in [4.69, 9.17) is 9.47 Å². The lowest BCUT2D eigenvalue weighted by Gasteiger charge is -2.52. The maximum absolute atomic E-state index is 12.9. The van der Waals surface area contributed by atoms with Crippen LogP contribution in [0, 0.1) is 29.6 Å². The summed E-state index contributed by atoms with van der Waals surface area (Å²) < 4.78 is 40.7. The van der Waals surface area contributed by atoms with Gasteiger partial charge in [0.1, 0.15) is 0 Å². The highest BCUT2D eigenvalue weighted by molar-refractivity contribution is 7.89. The molecule has 3 unspecified atom stereocenters. The Balaban J connectivity index is 1.40. The van der Waals surface area contributed by atoms with E-state index in [2.05, 4.69) is 4.72 Å². The Morgan fingerprint density at radius 1 is 0.871 bits per heavy atom. The van der Waals surface area contributed by atoms with Crippen molar-refractivity contribution in [3.63, 3.8) is 0 Å². The monoisotopic (exact) mass is 445 g/mol. The molecule has 4 bridgehead atoms. The smallest absolute Gasteiger partial charge is 0.240 e. The van der Waals surface area contributed by atoms with Crippen LogP contribution in [0.5, 0.6) is 0 Å². The zero-order chi connectivity index (χ0) is 21.6. The maximum Gasteiger partial charge on any atom is 0.240 e. The Bertz CT molecular complexity index is 896. The molecule has 0 radical (unpaired) electrons. The van der Waals surface area contributed by atoms with Gasteiger partial charge >= 0.3 is 0 Å². The van der Waals surface area contributed by atoms with E-state index in [1.807, 2.05) is 13.2 Å². The van der Waals surface area contributed by atoms with Gasteiger partial charge in [0.25, 0.3) is 0 Å². The van der Waals surface area contributed by atoms with Gasteiger partial charge in [0.2, 0.25) is 10.0 Å². The first-order valence-electron chi connectivity index (χ1n) is 11.8. The lowest BCUT2D eigenvalue weighted by molar-refractivity contribution is 0.0274. The zero-order valence-corrected chi connectivity index (χ0v) is 19.4. The molecule has 0 saturated heterocycles. The number of allylic oxidation sites excluding steroid dienone is 2. The van der Waals surface area contributed by atoms with Crippen molar-refractivity contribution in [2.75, 3.05) is 14.2 Å². The van der Waals surface area contributed by atoms with Crippen molar-refractivity contribution in [3.8, 4) is 0 Å². The lowest BCUT2D eigenvalue weighted by atomic mass is 9.53. The number of hydrogen-bond donors (Lipinski definition) is 1. The first kappa shape index (κ1) is 21.5. The predicted molar refractivity (Wildman–Crippen MR) is 120 cm³/mol. The molecular formula is C25H35NO4S. The van der Waals surface area contributed by atoms with Gasteiger partial charge < -0.3 is 9.47 Å². The third-order valence-corrected chi connectivity index (χ3v) is 9.80. The van der Waals surface area contributed by atoms with Gasteiger partial charge in [-0.15, -0.1) is 0 Å². The van der Waals surface area contributed by atoms with Crippen molar-refractivity contribution in [2.24, 2.45) is 29.6 Å². The summed E-state index contributed by atoms with van der Waals surface area (Å²) >= 11 is 0. The number of methoxy groups -OCH3 is 2. The minimum atomic E-state index is -3.55. The highest BCUT2D eigenvalue weighted by Crippen LogP contribution is 2.58. The van der Waals surface area contributed by atoms with Crippen LogP contribution in [-0.4, -0.2) is 34.8 Å². The van der Waals surface area contributed by atoms with Gasteiger partial charge in [-0.05, 0) is 92.7 Å². The first-order valence-corrected chi connectivity index (χ1v) is 13.3. The third-order valence-electron chi connectivity index (χ3n) is 8.27. The molecule has 6 rings (SSSR count). The summed E-state index contributed by atoms with van der Waals surface area (Å²) in [6, 6.07) is 8.49. The van der Waals surface area contributed by atoms with Crippen molar-refractivity contribution in [1.82, 2.24) is 4.72 Å². The molecule has 1 N–H and O–H groups in total. The SMILES string of the molecule is COC(=C1C2CC3CC(C2)CC1C3)C1CC(NS(=O)(=O)c2ccccc2)CC(OC)C1. The van der Waals surface area contributed by atoms with E-state index in [1.165, 1.54) is 32.1 Å². The third kappa shape index (κ3) is 4.19. The minimum absolute atomic E-state index is 0.0322. The van der Waals surface area contributed by atoms with E-state index < -0.39 is 10.0 Å². The molecule has 31 heavy (non-hydrogen) atoms. The van der Waals surface area contributed by atoms with Crippen molar-refractivity contribution in [2.45, 2.75) is 68.4 Å². The summed E-state index contributed by atoms with van der Waals surface area (Å²) in [4.78, 5) is 0.317. The van der Waals surface area contributed by atoms with E-state index in [-0.39, 0.29) is 18.1 Å². The van der Waals surface area contributed by atoms with Gasteiger partial charge in [-0.25, -0.2) is 13.1 Å². The minimum Gasteiger partial charge on any atom is -0.501 e. The summed E-state index contributed by atoms with van der Waals surface area (Å²) in [5.74, 6) is 4.53. The van der Waals surface area contributed by atoms with Crippen LogP contribution in [-0.2, 0) is 19.5 Å². The Hall–Kier alpha value is -1.37. The number of ether oxygens (including phenoxy) is 2. The molecule has 3 atom stereocenters. The Morgan fingerprint density at radius 3 is 2.10 bits per heavy atom. The number of nitrogens with one attached hydrogen (secondary N) is 1. The van der Waals surface area contributed by atoms with E-state index in [0.717, 1.165) is 30.4 Å². The van der Waals surface area contributed by atoms with Gasteiger partial charge in [-0.2, -0.15) is 0 Å². The molecule has 6 heteroatoms. The average Bonchev–Trinajstić information content (AvgIpc) is 2.75. The van der Waals surface area contributed by atoms with Crippen LogP contribution in [0.15, 0.2) is 46.6 Å². The molecular weight excluding hydrogens is 410 g/mol. The van der Waals surface area contributed by atoms with Crippen LogP contribution < -0.4 is 4.72 Å². The molecule has 5 nitrogen and oxygen atoms in total. The molecule has 0 aliphatic heterocycles.